The summed E-state index contributed by atoms with van der Waals surface area (Å²) in [6.07, 6.45) is 1.87. The van der Waals surface area contributed by atoms with Crippen molar-refractivity contribution < 1.29 is 9.59 Å². The number of thiazole rings is 1. The molecule has 0 bridgehead atoms. The second-order valence-electron chi connectivity index (χ2n) is 5.52. The summed E-state index contributed by atoms with van der Waals surface area (Å²) < 4.78 is 0. The summed E-state index contributed by atoms with van der Waals surface area (Å²) in [4.78, 5) is 30.1. The van der Waals surface area contributed by atoms with E-state index in [-0.39, 0.29) is 12.1 Å². The van der Waals surface area contributed by atoms with Crippen LogP contribution in [-0.4, -0.2) is 28.4 Å². The molecule has 1 unspecified atom stereocenters. The number of nitrogens with zero attached hydrogens (tertiary/aromatic N) is 2. The van der Waals surface area contributed by atoms with Gasteiger partial charge in [0.25, 0.3) is 0 Å². The van der Waals surface area contributed by atoms with Crippen molar-refractivity contribution in [2.75, 3.05) is 11.9 Å². The minimum Gasteiger partial charge on any atom is -0.366 e. The number of carbonyl (C=O) groups is 2. The molecule has 1 atom stereocenters. The molecule has 1 aromatic heterocycles. The number of urea groups is 1. The number of aryl methyl sites for hydroxylation is 1. The van der Waals surface area contributed by atoms with Gasteiger partial charge in [0.05, 0.1) is 16.7 Å². The van der Waals surface area contributed by atoms with E-state index in [4.69, 9.17) is 5.73 Å². The highest BCUT2D eigenvalue weighted by molar-refractivity contribution is 7.09. The third-order valence-electron chi connectivity index (χ3n) is 3.89. The summed E-state index contributed by atoms with van der Waals surface area (Å²) in [7, 11) is 0. The number of hydrogen-bond acceptors (Lipinski definition) is 4. The van der Waals surface area contributed by atoms with Crippen LogP contribution < -0.4 is 11.1 Å². The molecule has 0 radical (unpaired) electrons. The predicted octanol–water partition coefficient (Wildman–Crippen LogP) is 2.92. The SMILES string of the molecule is Cc1nc(C2CCCN2C(=O)Nc2cccc(C(N)=O)c2)cs1. The van der Waals surface area contributed by atoms with Crippen molar-refractivity contribution in [1.82, 2.24) is 9.88 Å². The Morgan fingerprint density at radius 2 is 2.26 bits per heavy atom. The Morgan fingerprint density at radius 1 is 1.43 bits per heavy atom. The highest BCUT2D eigenvalue weighted by Crippen LogP contribution is 2.32. The first-order chi connectivity index (χ1) is 11.0. The fourth-order valence-corrected chi connectivity index (χ4v) is 3.46. The van der Waals surface area contributed by atoms with Gasteiger partial charge in [-0.3, -0.25) is 4.79 Å². The standard InChI is InChI=1S/C16H18N4O2S/c1-10-18-13(9-23-10)14-6-3-7-20(14)16(22)19-12-5-2-4-11(8-12)15(17)21/h2,4-5,8-9,14H,3,6-7H2,1H3,(H2,17,21)(H,19,22). The predicted molar refractivity (Wildman–Crippen MR) is 89.5 cm³/mol. The van der Waals surface area contributed by atoms with Crippen molar-refractivity contribution in [2.45, 2.75) is 25.8 Å². The van der Waals surface area contributed by atoms with Crippen molar-refractivity contribution in [2.24, 2.45) is 5.73 Å². The van der Waals surface area contributed by atoms with Crippen LogP contribution in [0.5, 0.6) is 0 Å². The first kappa shape index (κ1) is 15.5. The minimum absolute atomic E-state index is 0.0132. The average Bonchev–Trinajstić information content (AvgIpc) is 3.15. The Morgan fingerprint density at radius 3 is 2.96 bits per heavy atom. The first-order valence-corrected chi connectivity index (χ1v) is 8.32. The van der Waals surface area contributed by atoms with E-state index in [0.717, 1.165) is 23.5 Å². The largest absolute Gasteiger partial charge is 0.366 e. The Kier molecular flexibility index (Phi) is 4.29. The molecule has 7 heteroatoms. The molecule has 1 aromatic carbocycles. The zero-order chi connectivity index (χ0) is 16.4. The third-order valence-corrected chi connectivity index (χ3v) is 4.68. The molecule has 3 amide bonds. The Hall–Kier alpha value is -2.41. The lowest BCUT2D eigenvalue weighted by atomic mass is 10.1. The molecule has 1 saturated heterocycles. The third kappa shape index (κ3) is 3.34. The fraction of sp³-hybridized carbons (Fsp3) is 0.312. The van der Waals surface area contributed by atoms with Crippen LogP contribution in [0.2, 0.25) is 0 Å². The number of rotatable bonds is 3. The maximum atomic E-state index is 12.6. The number of carbonyl (C=O) groups excluding carboxylic acids is 2. The molecule has 2 aromatic rings. The number of hydrogen-bond donors (Lipinski definition) is 2. The van der Waals surface area contributed by atoms with Crippen LogP contribution in [-0.2, 0) is 0 Å². The van der Waals surface area contributed by atoms with E-state index in [9.17, 15) is 9.59 Å². The van der Waals surface area contributed by atoms with E-state index in [1.165, 1.54) is 0 Å². The number of likely N-dealkylation sites (tertiary alicyclic amines) is 1. The molecule has 23 heavy (non-hydrogen) atoms. The van der Waals surface area contributed by atoms with E-state index in [2.05, 4.69) is 10.3 Å². The van der Waals surface area contributed by atoms with E-state index >= 15 is 0 Å². The summed E-state index contributed by atoms with van der Waals surface area (Å²) in [5.74, 6) is -0.516. The number of nitrogens with two attached hydrogens (primary N) is 1. The van der Waals surface area contributed by atoms with E-state index in [0.29, 0.717) is 17.8 Å². The Labute approximate surface area is 138 Å². The summed E-state index contributed by atoms with van der Waals surface area (Å²) in [6, 6.07) is 6.47. The lowest BCUT2D eigenvalue weighted by Gasteiger charge is -2.23. The summed E-state index contributed by atoms with van der Waals surface area (Å²) in [5.41, 5.74) is 7.15. The van der Waals surface area contributed by atoms with E-state index in [1.54, 1.807) is 40.5 Å². The van der Waals surface area contributed by atoms with E-state index < -0.39 is 5.91 Å². The normalized spacial score (nSPS) is 17.3. The number of aromatic nitrogens is 1. The highest BCUT2D eigenvalue weighted by atomic mass is 32.1. The smallest absolute Gasteiger partial charge is 0.322 e. The quantitative estimate of drug-likeness (QED) is 0.907. The number of nitrogens with one attached hydrogen (secondary N) is 1. The van der Waals surface area contributed by atoms with Gasteiger partial charge < -0.3 is 16.0 Å². The lowest BCUT2D eigenvalue weighted by molar-refractivity contribution is 0.1000. The maximum Gasteiger partial charge on any atom is 0.322 e. The zero-order valence-corrected chi connectivity index (χ0v) is 13.6. The zero-order valence-electron chi connectivity index (χ0n) is 12.8. The second-order valence-corrected chi connectivity index (χ2v) is 6.58. The number of benzene rings is 1. The van der Waals surface area contributed by atoms with Crippen molar-refractivity contribution >= 4 is 29.0 Å². The monoisotopic (exact) mass is 330 g/mol. The molecule has 120 valence electrons. The number of amides is 3. The molecular formula is C16H18N4O2S. The highest BCUT2D eigenvalue weighted by Gasteiger charge is 2.31. The second kappa shape index (κ2) is 6.37. The van der Waals surface area contributed by atoms with Crippen LogP contribution in [0.1, 0.15) is 39.9 Å². The molecule has 1 aliphatic rings. The van der Waals surface area contributed by atoms with Gasteiger partial charge in [0.2, 0.25) is 5.91 Å². The van der Waals surface area contributed by atoms with Crippen LogP contribution >= 0.6 is 11.3 Å². The topological polar surface area (TPSA) is 88.3 Å². The lowest BCUT2D eigenvalue weighted by Crippen LogP contribution is -2.34. The van der Waals surface area contributed by atoms with Crippen molar-refractivity contribution in [3.8, 4) is 0 Å². The van der Waals surface area contributed by atoms with Gasteiger partial charge in [-0.15, -0.1) is 11.3 Å². The van der Waals surface area contributed by atoms with Gasteiger partial charge in [0, 0.05) is 23.2 Å². The van der Waals surface area contributed by atoms with Crippen LogP contribution in [0.25, 0.3) is 0 Å². The minimum atomic E-state index is -0.516. The molecular weight excluding hydrogens is 312 g/mol. The molecule has 3 N–H and O–H groups in total. The van der Waals surface area contributed by atoms with Crippen LogP contribution in [0, 0.1) is 6.92 Å². The number of anilines is 1. The maximum absolute atomic E-state index is 12.6. The fourth-order valence-electron chi connectivity index (χ4n) is 2.80. The van der Waals surface area contributed by atoms with Gasteiger partial charge in [-0.1, -0.05) is 6.07 Å². The summed E-state index contributed by atoms with van der Waals surface area (Å²) in [6.45, 7) is 2.66. The molecule has 2 heterocycles. The summed E-state index contributed by atoms with van der Waals surface area (Å²) >= 11 is 1.59. The first-order valence-electron chi connectivity index (χ1n) is 7.44. The Bertz CT molecular complexity index is 743. The molecule has 0 aliphatic carbocycles. The van der Waals surface area contributed by atoms with Crippen LogP contribution in [0.3, 0.4) is 0 Å². The van der Waals surface area contributed by atoms with Crippen LogP contribution in [0.15, 0.2) is 29.6 Å². The van der Waals surface area contributed by atoms with Gasteiger partial charge in [-0.25, -0.2) is 9.78 Å². The number of primary amides is 1. The van der Waals surface area contributed by atoms with Gasteiger partial charge in [-0.05, 0) is 38.0 Å². The molecule has 1 fully saturated rings. The van der Waals surface area contributed by atoms with E-state index in [1.807, 2.05) is 12.3 Å². The van der Waals surface area contributed by atoms with Crippen LogP contribution in [0.4, 0.5) is 10.5 Å². The summed E-state index contributed by atoms with van der Waals surface area (Å²) in [5, 5.41) is 5.86. The molecule has 0 spiro atoms. The average molecular weight is 330 g/mol. The Balaban J connectivity index is 1.74. The van der Waals surface area contributed by atoms with Gasteiger partial charge in [-0.2, -0.15) is 0 Å². The molecule has 6 nitrogen and oxygen atoms in total. The molecule has 3 rings (SSSR count). The van der Waals surface area contributed by atoms with Crippen molar-refractivity contribution in [3.05, 3.63) is 45.9 Å². The molecule has 1 aliphatic heterocycles. The molecule has 0 saturated carbocycles. The van der Waals surface area contributed by atoms with Gasteiger partial charge >= 0.3 is 6.03 Å². The van der Waals surface area contributed by atoms with Gasteiger partial charge in [0.1, 0.15) is 0 Å². The van der Waals surface area contributed by atoms with Crippen molar-refractivity contribution in [1.29, 1.82) is 0 Å². The van der Waals surface area contributed by atoms with Gasteiger partial charge in [0.15, 0.2) is 0 Å². The van der Waals surface area contributed by atoms with Crippen molar-refractivity contribution in [3.63, 3.8) is 0 Å².